The van der Waals surface area contributed by atoms with Gasteiger partial charge in [-0.1, -0.05) is 23.7 Å². The molecular formula is C15H10BrClN2O. The second kappa shape index (κ2) is 5.38. The van der Waals surface area contributed by atoms with Gasteiger partial charge in [-0.25, -0.2) is 4.98 Å². The number of carbonyl (C=O) groups is 1. The average Bonchev–Trinajstić information content (AvgIpc) is 2.84. The zero-order valence-corrected chi connectivity index (χ0v) is 12.7. The largest absolute Gasteiger partial charge is 0.345 e. The number of halogens is 2. The van der Waals surface area contributed by atoms with Crippen LogP contribution in [0, 0.1) is 0 Å². The topological polar surface area (TPSA) is 45.8 Å². The third-order valence-corrected chi connectivity index (χ3v) is 3.76. The summed E-state index contributed by atoms with van der Waals surface area (Å²) < 4.78 is 0.852. The number of pyridine rings is 1. The lowest BCUT2D eigenvalue weighted by atomic mass is 10.0. The number of Topliss-reactive ketones (excluding diaryl/α,β-unsaturated/α-hetero) is 1. The summed E-state index contributed by atoms with van der Waals surface area (Å²) in [6, 6.07) is 9.20. The summed E-state index contributed by atoms with van der Waals surface area (Å²) in [4.78, 5) is 19.6. The van der Waals surface area contributed by atoms with Gasteiger partial charge in [-0.3, -0.25) is 4.79 Å². The maximum atomic E-state index is 12.4. The minimum absolute atomic E-state index is 0.0541. The highest BCUT2D eigenvalue weighted by Crippen LogP contribution is 2.22. The molecule has 1 N–H and O–H groups in total. The fourth-order valence-electron chi connectivity index (χ4n) is 2.09. The summed E-state index contributed by atoms with van der Waals surface area (Å²) in [6.07, 6.45) is 3.76. The third kappa shape index (κ3) is 2.62. The SMILES string of the molecule is O=C(Cc1ccc(Cl)cc1)c1c[nH]c2ncc(Br)cc12. The van der Waals surface area contributed by atoms with Crippen LogP contribution in [0.25, 0.3) is 11.0 Å². The normalized spacial score (nSPS) is 10.9. The predicted octanol–water partition coefficient (Wildman–Crippen LogP) is 4.40. The molecule has 0 saturated carbocycles. The van der Waals surface area contributed by atoms with Gasteiger partial charge in [-0.05, 0) is 39.7 Å². The summed E-state index contributed by atoms with van der Waals surface area (Å²) in [5.41, 5.74) is 2.31. The van der Waals surface area contributed by atoms with Crippen LogP contribution in [-0.4, -0.2) is 15.8 Å². The van der Waals surface area contributed by atoms with Gasteiger partial charge in [0.05, 0.1) is 0 Å². The Balaban J connectivity index is 1.92. The highest BCUT2D eigenvalue weighted by Gasteiger charge is 2.13. The molecule has 2 aromatic heterocycles. The van der Waals surface area contributed by atoms with E-state index in [1.807, 2.05) is 18.2 Å². The number of ketones is 1. The molecular weight excluding hydrogens is 340 g/mol. The molecule has 0 spiro atoms. The molecule has 0 aliphatic heterocycles. The number of hydrogen-bond donors (Lipinski definition) is 1. The monoisotopic (exact) mass is 348 g/mol. The Hall–Kier alpha value is -1.65. The number of aromatic amines is 1. The van der Waals surface area contributed by atoms with Crippen LogP contribution in [0.5, 0.6) is 0 Å². The van der Waals surface area contributed by atoms with Crippen LogP contribution in [0.1, 0.15) is 15.9 Å². The zero-order valence-electron chi connectivity index (χ0n) is 10.4. The van der Waals surface area contributed by atoms with Gasteiger partial charge in [0.25, 0.3) is 0 Å². The second-order valence-electron chi connectivity index (χ2n) is 4.48. The highest BCUT2D eigenvalue weighted by molar-refractivity contribution is 9.10. The van der Waals surface area contributed by atoms with Crippen molar-refractivity contribution in [1.29, 1.82) is 0 Å². The Morgan fingerprint density at radius 2 is 2.05 bits per heavy atom. The quantitative estimate of drug-likeness (QED) is 0.712. The van der Waals surface area contributed by atoms with Crippen LogP contribution in [0.4, 0.5) is 0 Å². The van der Waals surface area contributed by atoms with Gasteiger partial charge in [-0.15, -0.1) is 0 Å². The van der Waals surface area contributed by atoms with Crippen molar-refractivity contribution >= 4 is 44.3 Å². The van der Waals surface area contributed by atoms with Crippen molar-refractivity contribution in [3.63, 3.8) is 0 Å². The first-order valence-corrected chi connectivity index (χ1v) is 7.21. The van der Waals surface area contributed by atoms with Crippen LogP contribution in [0.2, 0.25) is 5.02 Å². The molecule has 3 nitrogen and oxygen atoms in total. The second-order valence-corrected chi connectivity index (χ2v) is 5.83. The van der Waals surface area contributed by atoms with Gasteiger partial charge >= 0.3 is 0 Å². The fraction of sp³-hybridized carbons (Fsp3) is 0.0667. The van der Waals surface area contributed by atoms with Crippen molar-refractivity contribution in [2.24, 2.45) is 0 Å². The number of H-pyrrole nitrogens is 1. The Morgan fingerprint density at radius 3 is 2.80 bits per heavy atom. The Morgan fingerprint density at radius 1 is 1.30 bits per heavy atom. The fourth-order valence-corrected chi connectivity index (χ4v) is 2.55. The summed E-state index contributed by atoms with van der Waals surface area (Å²) in [6.45, 7) is 0. The molecule has 20 heavy (non-hydrogen) atoms. The number of nitrogens with zero attached hydrogens (tertiary/aromatic N) is 1. The number of nitrogens with one attached hydrogen (secondary N) is 1. The Bertz CT molecular complexity index is 780. The predicted molar refractivity (Wildman–Crippen MR) is 83.3 cm³/mol. The minimum Gasteiger partial charge on any atom is -0.345 e. The molecule has 0 amide bonds. The lowest BCUT2D eigenvalue weighted by molar-refractivity contribution is 0.0994. The van der Waals surface area contributed by atoms with Crippen molar-refractivity contribution in [3.05, 3.63) is 63.3 Å². The average molecular weight is 350 g/mol. The number of carbonyl (C=O) groups excluding carboxylic acids is 1. The van der Waals surface area contributed by atoms with E-state index in [4.69, 9.17) is 11.6 Å². The molecule has 3 aromatic rings. The van der Waals surface area contributed by atoms with Crippen molar-refractivity contribution in [2.75, 3.05) is 0 Å². The number of aromatic nitrogens is 2. The standard InChI is InChI=1S/C15H10BrClN2O/c16-10-6-12-13(8-19-15(12)18-7-10)14(20)5-9-1-3-11(17)4-2-9/h1-4,6-8H,5H2,(H,18,19). The zero-order chi connectivity index (χ0) is 14.1. The lowest BCUT2D eigenvalue weighted by Crippen LogP contribution is -2.02. The molecule has 2 heterocycles. The van der Waals surface area contributed by atoms with Crippen LogP contribution in [-0.2, 0) is 6.42 Å². The van der Waals surface area contributed by atoms with Gasteiger partial charge < -0.3 is 4.98 Å². The molecule has 3 rings (SSSR count). The summed E-state index contributed by atoms with van der Waals surface area (Å²) in [7, 11) is 0. The first-order valence-electron chi connectivity index (χ1n) is 6.04. The van der Waals surface area contributed by atoms with E-state index in [0.29, 0.717) is 22.7 Å². The number of hydrogen-bond acceptors (Lipinski definition) is 2. The number of rotatable bonds is 3. The van der Waals surface area contributed by atoms with Gasteiger partial charge in [0.1, 0.15) is 5.65 Å². The van der Waals surface area contributed by atoms with E-state index in [-0.39, 0.29) is 5.78 Å². The van der Waals surface area contributed by atoms with Crippen LogP contribution < -0.4 is 0 Å². The van der Waals surface area contributed by atoms with Crippen molar-refractivity contribution in [2.45, 2.75) is 6.42 Å². The molecule has 5 heteroatoms. The maximum Gasteiger partial charge on any atom is 0.169 e. The van der Waals surface area contributed by atoms with Gasteiger partial charge in [0.15, 0.2) is 5.78 Å². The first kappa shape index (κ1) is 13.3. The molecule has 0 fully saturated rings. The molecule has 0 saturated heterocycles. The first-order chi connectivity index (χ1) is 9.63. The minimum atomic E-state index is 0.0541. The van der Waals surface area contributed by atoms with E-state index in [0.717, 1.165) is 15.4 Å². The van der Waals surface area contributed by atoms with Crippen molar-refractivity contribution in [3.8, 4) is 0 Å². The molecule has 0 aliphatic carbocycles. The Kier molecular flexibility index (Phi) is 3.59. The summed E-state index contributed by atoms with van der Waals surface area (Å²) in [5.74, 6) is 0.0541. The highest BCUT2D eigenvalue weighted by atomic mass is 79.9. The molecule has 0 atom stereocenters. The van der Waals surface area contributed by atoms with Crippen molar-refractivity contribution in [1.82, 2.24) is 9.97 Å². The van der Waals surface area contributed by atoms with E-state index in [1.165, 1.54) is 0 Å². The molecule has 1 aromatic carbocycles. The summed E-state index contributed by atoms with van der Waals surface area (Å²) in [5, 5.41) is 1.50. The smallest absolute Gasteiger partial charge is 0.169 e. The number of fused-ring (bicyclic) bond motifs is 1. The van der Waals surface area contributed by atoms with Crippen LogP contribution in [0.3, 0.4) is 0 Å². The molecule has 0 aliphatic rings. The lowest BCUT2D eigenvalue weighted by Gasteiger charge is -2.01. The Labute approximate surface area is 129 Å². The molecule has 0 unspecified atom stereocenters. The molecule has 0 radical (unpaired) electrons. The molecule has 100 valence electrons. The van der Waals surface area contributed by atoms with E-state index in [2.05, 4.69) is 25.9 Å². The van der Waals surface area contributed by atoms with E-state index in [9.17, 15) is 4.79 Å². The van der Waals surface area contributed by atoms with E-state index < -0.39 is 0 Å². The number of benzene rings is 1. The third-order valence-electron chi connectivity index (χ3n) is 3.08. The van der Waals surface area contributed by atoms with Crippen LogP contribution in [0.15, 0.2) is 47.2 Å². The van der Waals surface area contributed by atoms with Crippen LogP contribution >= 0.6 is 27.5 Å². The van der Waals surface area contributed by atoms with Gasteiger partial charge in [0, 0.05) is 39.3 Å². The van der Waals surface area contributed by atoms with Crippen molar-refractivity contribution < 1.29 is 4.79 Å². The van der Waals surface area contributed by atoms with E-state index in [1.54, 1.807) is 24.5 Å². The van der Waals surface area contributed by atoms with E-state index >= 15 is 0 Å². The summed E-state index contributed by atoms with van der Waals surface area (Å²) >= 11 is 9.21. The maximum absolute atomic E-state index is 12.4. The van der Waals surface area contributed by atoms with Gasteiger partial charge in [-0.2, -0.15) is 0 Å². The molecule has 0 bridgehead atoms. The van der Waals surface area contributed by atoms with Gasteiger partial charge in [0.2, 0.25) is 0 Å².